The molecule has 0 aliphatic heterocycles. The van der Waals surface area contributed by atoms with Gasteiger partial charge in [-0.05, 0) is 73.0 Å². The summed E-state index contributed by atoms with van der Waals surface area (Å²) in [7, 11) is 1.58. The lowest BCUT2D eigenvalue weighted by Gasteiger charge is -2.09. The molecular weight excluding hydrogens is 438 g/mol. The van der Waals surface area contributed by atoms with E-state index in [1.807, 2.05) is 50.2 Å². The molecule has 168 valence electrons. The number of nitrogens with zero attached hydrogens (tertiary/aromatic N) is 1. The van der Waals surface area contributed by atoms with Gasteiger partial charge in [0.25, 0.3) is 5.91 Å². The Kier molecular flexibility index (Phi) is 6.52. The molecule has 0 saturated heterocycles. The van der Waals surface area contributed by atoms with Crippen molar-refractivity contribution in [2.24, 2.45) is 0 Å². The normalized spacial score (nSPS) is 10.9. The number of rotatable bonds is 6. The van der Waals surface area contributed by atoms with Crippen molar-refractivity contribution in [3.05, 3.63) is 99.7 Å². The van der Waals surface area contributed by atoms with Crippen LogP contribution in [0.5, 0.6) is 5.75 Å². The molecule has 1 heterocycles. The quantitative estimate of drug-likeness (QED) is 0.336. The third-order valence-electron chi connectivity index (χ3n) is 5.81. The van der Waals surface area contributed by atoms with Crippen molar-refractivity contribution in [1.82, 2.24) is 4.57 Å². The van der Waals surface area contributed by atoms with Gasteiger partial charge in [-0.15, -0.1) is 0 Å². The zero-order valence-electron chi connectivity index (χ0n) is 18.7. The largest absolute Gasteiger partial charge is 0.497 e. The van der Waals surface area contributed by atoms with E-state index in [4.69, 9.17) is 21.1 Å². The van der Waals surface area contributed by atoms with Crippen LogP contribution in [0.4, 0.5) is 0 Å². The topological polar surface area (TPSA) is 57.5 Å². The van der Waals surface area contributed by atoms with Crippen LogP contribution in [0.1, 0.15) is 32.7 Å². The minimum atomic E-state index is -0.359. The van der Waals surface area contributed by atoms with E-state index in [2.05, 4.69) is 0 Å². The Morgan fingerprint density at radius 1 is 0.970 bits per heavy atom. The fraction of sp³-hybridized carbons (Fsp3) is 0.185. The van der Waals surface area contributed by atoms with E-state index in [0.29, 0.717) is 27.5 Å². The SMILES string of the molecule is COc1ccc2c(c1)c(CC(=O)OCc1ccccc1C)c(C)n2C(=O)c1ccc(Cl)cc1. The number of methoxy groups -OCH3 is 1. The Labute approximate surface area is 197 Å². The number of aryl methyl sites for hydroxylation is 1. The maximum Gasteiger partial charge on any atom is 0.310 e. The fourth-order valence-electron chi connectivity index (χ4n) is 3.92. The number of esters is 1. The highest BCUT2D eigenvalue weighted by Gasteiger charge is 2.22. The number of aromatic nitrogens is 1. The van der Waals surface area contributed by atoms with Crippen molar-refractivity contribution in [1.29, 1.82) is 0 Å². The molecule has 0 saturated carbocycles. The van der Waals surface area contributed by atoms with Crippen LogP contribution in [-0.2, 0) is 22.6 Å². The van der Waals surface area contributed by atoms with Gasteiger partial charge in [-0.2, -0.15) is 0 Å². The molecule has 4 aromatic rings. The van der Waals surface area contributed by atoms with E-state index in [0.717, 1.165) is 22.1 Å². The predicted octanol–water partition coefficient (Wildman–Crippen LogP) is 5.89. The predicted molar refractivity (Wildman–Crippen MR) is 129 cm³/mol. The summed E-state index contributed by atoms with van der Waals surface area (Å²) in [5, 5.41) is 1.34. The van der Waals surface area contributed by atoms with Crippen LogP contribution < -0.4 is 4.74 Å². The second-order valence-electron chi connectivity index (χ2n) is 7.86. The van der Waals surface area contributed by atoms with E-state index < -0.39 is 0 Å². The molecule has 0 aliphatic rings. The Bertz CT molecular complexity index is 1340. The highest BCUT2D eigenvalue weighted by molar-refractivity contribution is 6.30. The van der Waals surface area contributed by atoms with Gasteiger partial charge in [0.15, 0.2) is 0 Å². The molecule has 33 heavy (non-hydrogen) atoms. The van der Waals surface area contributed by atoms with E-state index in [-0.39, 0.29) is 24.9 Å². The number of fused-ring (bicyclic) bond motifs is 1. The van der Waals surface area contributed by atoms with Gasteiger partial charge in [0, 0.05) is 21.7 Å². The summed E-state index contributed by atoms with van der Waals surface area (Å²) in [4.78, 5) is 26.1. The third-order valence-corrected chi connectivity index (χ3v) is 6.06. The summed E-state index contributed by atoms with van der Waals surface area (Å²) in [5.41, 5.74) is 4.66. The molecule has 0 unspecified atom stereocenters. The first-order valence-corrected chi connectivity index (χ1v) is 10.9. The minimum Gasteiger partial charge on any atom is -0.497 e. The van der Waals surface area contributed by atoms with Crippen molar-refractivity contribution in [2.45, 2.75) is 26.9 Å². The summed E-state index contributed by atoms with van der Waals surface area (Å²) in [6, 6.07) is 20.0. The van der Waals surface area contributed by atoms with Gasteiger partial charge in [-0.1, -0.05) is 35.9 Å². The number of ether oxygens (including phenoxy) is 2. The Balaban J connectivity index is 1.69. The van der Waals surface area contributed by atoms with Crippen LogP contribution in [0, 0.1) is 13.8 Å². The molecule has 0 radical (unpaired) electrons. The van der Waals surface area contributed by atoms with Crippen molar-refractivity contribution >= 4 is 34.4 Å². The maximum atomic E-state index is 13.4. The van der Waals surface area contributed by atoms with Gasteiger partial charge in [0.1, 0.15) is 12.4 Å². The number of carbonyl (C=O) groups is 2. The smallest absolute Gasteiger partial charge is 0.310 e. The first-order valence-electron chi connectivity index (χ1n) is 10.6. The van der Waals surface area contributed by atoms with Crippen molar-refractivity contribution in [3.63, 3.8) is 0 Å². The molecular formula is C27H24ClNO4. The standard InChI is InChI=1S/C27H24ClNO4/c1-17-6-4-5-7-20(17)16-33-26(30)15-23-18(2)29(25-13-12-22(32-3)14-24(23)25)27(31)19-8-10-21(28)11-9-19/h4-14H,15-16H2,1-3H3. The van der Waals surface area contributed by atoms with E-state index in [9.17, 15) is 9.59 Å². The lowest BCUT2D eigenvalue weighted by Crippen LogP contribution is -2.14. The number of benzene rings is 3. The number of hydrogen-bond acceptors (Lipinski definition) is 4. The van der Waals surface area contributed by atoms with Gasteiger partial charge < -0.3 is 9.47 Å². The van der Waals surface area contributed by atoms with Crippen molar-refractivity contribution in [3.8, 4) is 5.75 Å². The van der Waals surface area contributed by atoms with Gasteiger partial charge in [0.05, 0.1) is 19.0 Å². The van der Waals surface area contributed by atoms with E-state index in [1.54, 1.807) is 42.0 Å². The van der Waals surface area contributed by atoms with Gasteiger partial charge in [0.2, 0.25) is 0 Å². The average molecular weight is 462 g/mol. The van der Waals surface area contributed by atoms with Crippen LogP contribution in [0.3, 0.4) is 0 Å². The molecule has 0 aliphatic carbocycles. The zero-order chi connectivity index (χ0) is 23.5. The summed E-state index contributed by atoms with van der Waals surface area (Å²) in [6.45, 7) is 4.02. The number of carbonyl (C=O) groups excluding carboxylic acids is 2. The molecule has 0 bridgehead atoms. The molecule has 4 rings (SSSR count). The molecule has 1 aromatic heterocycles. The molecule has 0 atom stereocenters. The molecule has 5 nitrogen and oxygen atoms in total. The van der Waals surface area contributed by atoms with Gasteiger partial charge >= 0.3 is 5.97 Å². The van der Waals surface area contributed by atoms with Gasteiger partial charge in [-0.25, -0.2) is 0 Å². The zero-order valence-corrected chi connectivity index (χ0v) is 19.5. The second-order valence-corrected chi connectivity index (χ2v) is 8.29. The molecule has 0 fully saturated rings. The average Bonchev–Trinajstić information content (AvgIpc) is 3.09. The molecule has 0 amide bonds. The Morgan fingerprint density at radius 2 is 1.70 bits per heavy atom. The first kappa shape index (κ1) is 22.6. The monoisotopic (exact) mass is 461 g/mol. The second kappa shape index (κ2) is 9.51. The van der Waals surface area contributed by atoms with Gasteiger partial charge in [-0.3, -0.25) is 14.2 Å². The van der Waals surface area contributed by atoms with Crippen LogP contribution in [-0.4, -0.2) is 23.6 Å². The van der Waals surface area contributed by atoms with Crippen LogP contribution >= 0.6 is 11.6 Å². The van der Waals surface area contributed by atoms with E-state index >= 15 is 0 Å². The summed E-state index contributed by atoms with van der Waals surface area (Å²) < 4.78 is 12.6. The molecule has 0 N–H and O–H groups in total. The first-order chi connectivity index (χ1) is 15.9. The molecule has 6 heteroatoms. The fourth-order valence-corrected chi connectivity index (χ4v) is 4.05. The minimum absolute atomic E-state index is 0.0439. The Hall–Kier alpha value is -3.57. The van der Waals surface area contributed by atoms with Crippen LogP contribution in [0.15, 0.2) is 66.7 Å². The highest BCUT2D eigenvalue weighted by atomic mass is 35.5. The maximum absolute atomic E-state index is 13.4. The number of hydrogen-bond donors (Lipinski definition) is 0. The lowest BCUT2D eigenvalue weighted by molar-refractivity contribution is -0.144. The summed E-state index contributed by atoms with van der Waals surface area (Å²) in [5.74, 6) is 0.0918. The third kappa shape index (κ3) is 4.64. The molecule has 3 aromatic carbocycles. The van der Waals surface area contributed by atoms with E-state index in [1.165, 1.54) is 0 Å². The van der Waals surface area contributed by atoms with Crippen molar-refractivity contribution < 1.29 is 19.1 Å². The van der Waals surface area contributed by atoms with Crippen molar-refractivity contribution in [2.75, 3.05) is 7.11 Å². The lowest BCUT2D eigenvalue weighted by atomic mass is 10.1. The van der Waals surface area contributed by atoms with Crippen LogP contribution in [0.2, 0.25) is 5.02 Å². The highest BCUT2D eigenvalue weighted by Crippen LogP contribution is 2.31. The number of halogens is 1. The summed E-state index contributed by atoms with van der Waals surface area (Å²) >= 11 is 5.98. The Morgan fingerprint density at radius 3 is 2.39 bits per heavy atom. The molecule has 0 spiro atoms. The van der Waals surface area contributed by atoms with Crippen LogP contribution in [0.25, 0.3) is 10.9 Å². The summed E-state index contributed by atoms with van der Waals surface area (Å²) in [6.07, 6.45) is 0.0439.